The van der Waals surface area contributed by atoms with Gasteiger partial charge in [-0.05, 0) is 48.5 Å². The molecular weight excluding hydrogens is 509 g/mol. The molecule has 2 atom stereocenters. The Balaban J connectivity index is 2.01. The lowest BCUT2D eigenvalue weighted by atomic mass is 10.0. The number of alkyl halides is 3. The molecule has 0 heterocycles. The van der Waals surface area contributed by atoms with Crippen molar-refractivity contribution in [1.82, 2.24) is 0 Å². The number of rotatable bonds is 11. The third-order valence-electron chi connectivity index (χ3n) is 3.75. The zero-order valence-corrected chi connectivity index (χ0v) is 17.6. The molecule has 9 heteroatoms. The molecule has 5 nitrogen and oxygen atoms in total. The summed E-state index contributed by atoms with van der Waals surface area (Å²) in [4.78, 5) is 0. The monoisotopic (exact) mass is 528 g/mol. The second kappa shape index (κ2) is 11.1. The highest BCUT2D eigenvalue weighted by molar-refractivity contribution is 14.1. The van der Waals surface area contributed by atoms with Crippen molar-refractivity contribution >= 4 is 34.6 Å². The van der Waals surface area contributed by atoms with Gasteiger partial charge < -0.3 is 22.8 Å². The van der Waals surface area contributed by atoms with E-state index in [2.05, 4.69) is 0 Å². The van der Waals surface area contributed by atoms with Crippen LogP contribution in [0.4, 0.5) is 8.78 Å². The van der Waals surface area contributed by atoms with Crippen molar-refractivity contribution < 1.29 is 31.5 Å². The van der Waals surface area contributed by atoms with Crippen LogP contribution in [0.2, 0.25) is 0 Å². The first-order valence-corrected chi connectivity index (χ1v) is 9.78. The smallest absolute Gasteiger partial charge is 0.298 e. The molecule has 154 valence electrons. The van der Waals surface area contributed by atoms with Gasteiger partial charge in [-0.25, -0.2) is 0 Å². The van der Waals surface area contributed by atoms with Gasteiger partial charge in [-0.15, -0.1) is 11.6 Å². The first-order chi connectivity index (χ1) is 13.4. The maximum atomic E-state index is 14.7. The van der Waals surface area contributed by atoms with E-state index >= 15 is 0 Å². The third-order valence-corrected chi connectivity index (χ3v) is 4.47. The zero-order valence-electron chi connectivity index (χ0n) is 14.7. The quantitative estimate of drug-likeness (QED) is 0.342. The van der Waals surface area contributed by atoms with E-state index in [9.17, 15) is 19.0 Å². The highest BCUT2D eigenvalue weighted by Gasteiger charge is 2.33. The maximum Gasteiger partial charge on any atom is 0.298 e. The van der Waals surface area contributed by atoms with Crippen molar-refractivity contribution in [3.8, 4) is 11.5 Å². The van der Waals surface area contributed by atoms with E-state index in [1.807, 2.05) is 0 Å². The van der Waals surface area contributed by atoms with Crippen molar-refractivity contribution in [1.29, 1.82) is 0 Å². The molecule has 28 heavy (non-hydrogen) atoms. The molecule has 0 radical (unpaired) electrons. The van der Waals surface area contributed by atoms with Crippen molar-refractivity contribution in [2.75, 3.05) is 25.7 Å². The summed E-state index contributed by atoms with van der Waals surface area (Å²) in [6.45, 7) is 0.0965. The van der Waals surface area contributed by atoms with E-state index in [-0.39, 0.29) is 36.8 Å². The molecule has 0 aliphatic carbocycles. The fourth-order valence-corrected chi connectivity index (χ4v) is 2.74. The van der Waals surface area contributed by atoms with Gasteiger partial charge in [0.15, 0.2) is 0 Å². The number of benzene rings is 2. The SMILES string of the molecule is O[C@H](COI)COc1ccc(C(F)(F)c2ccc(OC[C@@H](O)CCl)cc2)cc1. The minimum Gasteiger partial charge on any atom is -0.491 e. The lowest BCUT2D eigenvalue weighted by Gasteiger charge is -2.18. The normalized spacial score (nSPS) is 13.8. The van der Waals surface area contributed by atoms with Gasteiger partial charge in [0.25, 0.3) is 5.92 Å². The summed E-state index contributed by atoms with van der Waals surface area (Å²) in [5, 5.41) is 18.9. The molecular formula is C19H20ClF2IO5. The van der Waals surface area contributed by atoms with Crippen LogP contribution < -0.4 is 9.47 Å². The Hall–Kier alpha value is -1.20. The molecule has 0 aliphatic rings. The fraction of sp³-hybridized carbons (Fsp3) is 0.368. The molecule has 0 unspecified atom stereocenters. The van der Waals surface area contributed by atoms with Crippen molar-refractivity contribution in [2.24, 2.45) is 0 Å². The molecule has 0 saturated heterocycles. The van der Waals surface area contributed by atoms with Crippen LogP contribution >= 0.6 is 34.6 Å². The maximum absolute atomic E-state index is 14.7. The van der Waals surface area contributed by atoms with Gasteiger partial charge in [0.1, 0.15) is 59.9 Å². The first kappa shape index (κ1) is 23.1. The highest BCUT2D eigenvalue weighted by Crippen LogP contribution is 2.37. The third kappa shape index (κ3) is 6.70. The summed E-state index contributed by atoms with van der Waals surface area (Å²) < 4.78 is 44.9. The van der Waals surface area contributed by atoms with Gasteiger partial charge in [-0.2, -0.15) is 8.78 Å². The Kier molecular flexibility index (Phi) is 9.16. The molecule has 0 aromatic heterocycles. The predicted molar refractivity (Wildman–Crippen MR) is 110 cm³/mol. The number of hydrogen-bond donors (Lipinski definition) is 2. The Morgan fingerprint density at radius 1 is 0.821 bits per heavy atom. The Labute approximate surface area is 180 Å². The minimum absolute atomic E-state index is 0.00137. The second-order valence-electron chi connectivity index (χ2n) is 5.98. The Bertz CT molecular complexity index is 715. The molecule has 0 saturated carbocycles. The van der Waals surface area contributed by atoms with Gasteiger partial charge in [-0.1, -0.05) is 0 Å². The molecule has 2 aromatic rings. The van der Waals surface area contributed by atoms with Crippen molar-refractivity contribution in [3.63, 3.8) is 0 Å². The van der Waals surface area contributed by atoms with E-state index in [4.69, 9.17) is 24.1 Å². The number of aliphatic hydroxyl groups is 2. The summed E-state index contributed by atoms with van der Waals surface area (Å²) in [6, 6.07) is 10.8. The van der Waals surface area contributed by atoms with Crippen LogP contribution in [-0.4, -0.2) is 48.1 Å². The summed E-state index contributed by atoms with van der Waals surface area (Å²) in [7, 11) is 0. The molecule has 2 N–H and O–H groups in total. The molecule has 0 fully saturated rings. The van der Waals surface area contributed by atoms with E-state index in [1.165, 1.54) is 48.5 Å². The number of ether oxygens (including phenoxy) is 2. The van der Waals surface area contributed by atoms with E-state index < -0.39 is 18.1 Å². The molecule has 2 aromatic carbocycles. The minimum atomic E-state index is -3.21. The molecule has 0 spiro atoms. The van der Waals surface area contributed by atoms with Gasteiger partial charge in [0.05, 0.1) is 12.5 Å². The summed E-state index contributed by atoms with van der Waals surface area (Å²) in [6.07, 6.45) is -1.62. The van der Waals surface area contributed by atoms with Crippen LogP contribution in [0.15, 0.2) is 48.5 Å². The van der Waals surface area contributed by atoms with E-state index in [0.29, 0.717) is 11.5 Å². The summed E-state index contributed by atoms with van der Waals surface area (Å²) in [5.74, 6) is -2.45. The molecule has 0 aliphatic heterocycles. The van der Waals surface area contributed by atoms with Gasteiger partial charge in [-0.3, -0.25) is 0 Å². The lowest BCUT2D eigenvalue weighted by Crippen LogP contribution is -2.21. The van der Waals surface area contributed by atoms with Crippen molar-refractivity contribution in [2.45, 2.75) is 18.1 Å². The highest BCUT2D eigenvalue weighted by atomic mass is 127. The number of hydrogen-bond acceptors (Lipinski definition) is 5. The molecule has 0 amide bonds. The van der Waals surface area contributed by atoms with Crippen LogP contribution in [0.5, 0.6) is 11.5 Å². The number of halogens is 4. The average Bonchev–Trinajstić information content (AvgIpc) is 2.71. The van der Waals surface area contributed by atoms with Crippen LogP contribution in [0, 0.1) is 0 Å². The standard InChI is InChI=1S/C19H20ClF2IO5/c20-9-15(24)10-26-17-5-1-13(2-6-17)19(21,22)14-3-7-18(8-4-14)27-11-16(25)12-28-23/h1-8,15-16,24-25H,9-12H2/t15-,16-/m0/s1. The molecule has 0 bridgehead atoms. The van der Waals surface area contributed by atoms with Gasteiger partial charge >= 0.3 is 0 Å². The second-order valence-corrected chi connectivity index (χ2v) is 6.91. The van der Waals surface area contributed by atoms with Gasteiger partial charge in [0, 0.05) is 11.1 Å². The zero-order chi connectivity index (χ0) is 20.6. The number of aliphatic hydroxyl groups excluding tert-OH is 2. The largest absolute Gasteiger partial charge is 0.491 e. The van der Waals surface area contributed by atoms with E-state index in [0.717, 1.165) is 0 Å². The van der Waals surface area contributed by atoms with Crippen molar-refractivity contribution in [3.05, 3.63) is 59.7 Å². The Morgan fingerprint density at radius 3 is 1.64 bits per heavy atom. The topological polar surface area (TPSA) is 68.2 Å². The first-order valence-electron chi connectivity index (χ1n) is 8.37. The average molecular weight is 529 g/mol. The summed E-state index contributed by atoms with van der Waals surface area (Å²) >= 11 is 7.14. The predicted octanol–water partition coefficient (Wildman–Crippen LogP) is 3.91. The summed E-state index contributed by atoms with van der Waals surface area (Å²) in [5.41, 5.74) is -0.386. The van der Waals surface area contributed by atoms with Crippen LogP contribution in [-0.2, 0) is 8.99 Å². The van der Waals surface area contributed by atoms with Crippen LogP contribution in [0.25, 0.3) is 0 Å². The van der Waals surface area contributed by atoms with Crippen LogP contribution in [0.3, 0.4) is 0 Å². The molecule has 2 rings (SSSR count). The van der Waals surface area contributed by atoms with E-state index in [1.54, 1.807) is 23.0 Å². The lowest BCUT2D eigenvalue weighted by molar-refractivity contribution is 0.0425. The fourth-order valence-electron chi connectivity index (χ4n) is 2.24. The van der Waals surface area contributed by atoms with Gasteiger partial charge in [0.2, 0.25) is 0 Å². The van der Waals surface area contributed by atoms with Crippen LogP contribution in [0.1, 0.15) is 11.1 Å². The Morgan fingerprint density at radius 2 is 1.25 bits per heavy atom.